The van der Waals surface area contributed by atoms with Gasteiger partial charge in [-0.2, -0.15) is 5.26 Å². The molecule has 0 N–H and O–H groups in total. The summed E-state index contributed by atoms with van der Waals surface area (Å²) in [5.41, 5.74) is 0.833. The van der Waals surface area contributed by atoms with E-state index in [-0.39, 0.29) is 11.9 Å². The minimum atomic E-state index is -0.115. The Bertz CT molecular complexity index is 431. The second kappa shape index (κ2) is 5.44. The number of aromatic nitrogens is 1. The first-order chi connectivity index (χ1) is 7.97. The molecule has 1 aromatic rings. The zero-order valence-electron chi connectivity index (χ0n) is 10.6. The van der Waals surface area contributed by atoms with Crippen molar-refractivity contribution in [3.63, 3.8) is 0 Å². The molecule has 0 aliphatic carbocycles. The predicted octanol–water partition coefficient (Wildman–Crippen LogP) is 2.07. The quantitative estimate of drug-likeness (QED) is 0.800. The van der Waals surface area contributed by atoms with Crippen LogP contribution in [0.4, 0.5) is 0 Å². The second-order valence-electron chi connectivity index (χ2n) is 4.44. The van der Waals surface area contributed by atoms with E-state index in [1.807, 2.05) is 13.0 Å². The van der Waals surface area contributed by atoms with Gasteiger partial charge in [-0.05, 0) is 25.0 Å². The van der Waals surface area contributed by atoms with E-state index in [0.29, 0.717) is 17.2 Å². The van der Waals surface area contributed by atoms with E-state index >= 15 is 0 Å². The van der Waals surface area contributed by atoms with Crippen LogP contribution in [0.3, 0.4) is 0 Å². The summed E-state index contributed by atoms with van der Waals surface area (Å²) in [5.74, 6) is 0.276. The Hall–Kier alpha value is -1.89. The molecule has 0 aliphatic heterocycles. The van der Waals surface area contributed by atoms with Gasteiger partial charge >= 0.3 is 0 Å². The van der Waals surface area contributed by atoms with Gasteiger partial charge < -0.3 is 4.90 Å². The van der Waals surface area contributed by atoms with Gasteiger partial charge in [-0.15, -0.1) is 0 Å². The third-order valence-corrected chi connectivity index (χ3v) is 3.01. The fourth-order valence-electron chi connectivity index (χ4n) is 1.40. The molecule has 1 aromatic heterocycles. The summed E-state index contributed by atoms with van der Waals surface area (Å²) in [6.07, 6.45) is 1.42. The third kappa shape index (κ3) is 3.04. The maximum Gasteiger partial charge on any atom is 0.272 e. The maximum absolute atomic E-state index is 12.1. The van der Waals surface area contributed by atoms with Crippen LogP contribution in [0.1, 0.15) is 36.8 Å². The highest BCUT2D eigenvalue weighted by atomic mass is 16.2. The monoisotopic (exact) mass is 231 g/mol. The number of hydrogen-bond donors (Lipinski definition) is 0. The van der Waals surface area contributed by atoms with Gasteiger partial charge in [0.05, 0.1) is 5.56 Å². The zero-order valence-corrected chi connectivity index (χ0v) is 10.6. The normalized spacial score (nSPS) is 12.0. The van der Waals surface area contributed by atoms with Crippen LogP contribution in [0.15, 0.2) is 18.3 Å². The molecule has 1 heterocycles. The molecule has 0 fully saturated rings. The van der Waals surface area contributed by atoms with Gasteiger partial charge in [0.1, 0.15) is 11.8 Å². The van der Waals surface area contributed by atoms with Gasteiger partial charge in [0.2, 0.25) is 0 Å². The summed E-state index contributed by atoms with van der Waals surface area (Å²) < 4.78 is 0. The summed E-state index contributed by atoms with van der Waals surface area (Å²) in [7, 11) is 1.77. The Morgan fingerprint density at radius 2 is 2.06 bits per heavy atom. The standard InChI is InChI=1S/C13H17N3O/c1-9(2)10(3)16(4)13(17)12-6-5-11(7-14)8-15-12/h5-6,8-10H,1-4H3. The smallest absolute Gasteiger partial charge is 0.272 e. The molecule has 0 radical (unpaired) electrons. The summed E-state index contributed by atoms with van der Waals surface area (Å²) >= 11 is 0. The molecule has 0 spiro atoms. The van der Waals surface area contributed by atoms with Crippen molar-refractivity contribution in [1.82, 2.24) is 9.88 Å². The highest BCUT2D eigenvalue weighted by molar-refractivity contribution is 5.92. The Morgan fingerprint density at radius 3 is 2.47 bits per heavy atom. The van der Waals surface area contributed by atoms with Crippen molar-refractivity contribution in [1.29, 1.82) is 5.26 Å². The number of pyridine rings is 1. The Morgan fingerprint density at radius 1 is 1.41 bits per heavy atom. The van der Waals surface area contributed by atoms with Crippen molar-refractivity contribution in [3.05, 3.63) is 29.6 Å². The number of carbonyl (C=O) groups excluding carboxylic acids is 1. The van der Waals surface area contributed by atoms with Gasteiger partial charge in [-0.25, -0.2) is 4.98 Å². The summed E-state index contributed by atoms with van der Waals surface area (Å²) in [4.78, 5) is 17.7. The number of nitriles is 1. The largest absolute Gasteiger partial charge is 0.337 e. The highest BCUT2D eigenvalue weighted by Crippen LogP contribution is 2.11. The summed E-state index contributed by atoms with van der Waals surface area (Å²) in [6.45, 7) is 6.15. The lowest BCUT2D eigenvalue weighted by Crippen LogP contribution is -2.38. The number of hydrogen-bond acceptors (Lipinski definition) is 3. The summed E-state index contributed by atoms with van der Waals surface area (Å²) in [5, 5.41) is 8.65. The Labute approximate surface area is 102 Å². The minimum Gasteiger partial charge on any atom is -0.337 e. The number of rotatable bonds is 3. The van der Waals surface area contributed by atoms with Crippen LogP contribution in [0.25, 0.3) is 0 Å². The molecule has 1 atom stereocenters. The van der Waals surface area contributed by atoms with Gasteiger partial charge in [0.25, 0.3) is 5.91 Å². The molecule has 0 bridgehead atoms. The molecular weight excluding hydrogens is 214 g/mol. The first kappa shape index (κ1) is 13.2. The number of carbonyl (C=O) groups is 1. The summed E-state index contributed by atoms with van der Waals surface area (Å²) in [6, 6.07) is 5.32. The number of nitrogens with zero attached hydrogens (tertiary/aromatic N) is 3. The van der Waals surface area contributed by atoms with Crippen LogP contribution in [0, 0.1) is 17.2 Å². The molecule has 0 aromatic carbocycles. The van der Waals surface area contributed by atoms with Gasteiger partial charge in [-0.1, -0.05) is 13.8 Å². The zero-order chi connectivity index (χ0) is 13.0. The van der Waals surface area contributed by atoms with Crippen LogP contribution in [0.5, 0.6) is 0 Å². The van der Waals surface area contributed by atoms with Crippen LogP contribution in [0.2, 0.25) is 0 Å². The van der Waals surface area contributed by atoms with E-state index in [2.05, 4.69) is 18.8 Å². The van der Waals surface area contributed by atoms with Crippen LogP contribution >= 0.6 is 0 Å². The number of amides is 1. The van der Waals surface area contributed by atoms with E-state index in [4.69, 9.17) is 5.26 Å². The third-order valence-electron chi connectivity index (χ3n) is 3.01. The highest BCUT2D eigenvalue weighted by Gasteiger charge is 2.20. The predicted molar refractivity (Wildman–Crippen MR) is 65.3 cm³/mol. The fourth-order valence-corrected chi connectivity index (χ4v) is 1.40. The first-order valence-electron chi connectivity index (χ1n) is 5.60. The average molecular weight is 231 g/mol. The Balaban J connectivity index is 2.86. The van der Waals surface area contributed by atoms with Crippen molar-refractivity contribution < 1.29 is 4.79 Å². The fraction of sp³-hybridized carbons (Fsp3) is 0.462. The van der Waals surface area contributed by atoms with Crippen molar-refractivity contribution in [2.24, 2.45) is 5.92 Å². The van der Waals surface area contributed by atoms with Crippen molar-refractivity contribution >= 4 is 5.91 Å². The molecule has 0 saturated carbocycles. The van der Waals surface area contributed by atoms with Crippen LogP contribution < -0.4 is 0 Å². The molecule has 4 nitrogen and oxygen atoms in total. The van der Waals surface area contributed by atoms with E-state index in [1.54, 1.807) is 24.1 Å². The molecule has 4 heteroatoms. The second-order valence-corrected chi connectivity index (χ2v) is 4.44. The molecule has 0 aliphatic rings. The maximum atomic E-state index is 12.1. The SMILES string of the molecule is CC(C)C(C)N(C)C(=O)c1ccc(C#N)cn1. The molecule has 1 rings (SSSR count). The molecule has 90 valence electrons. The van der Waals surface area contributed by atoms with Crippen molar-refractivity contribution in [2.75, 3.05) is 7.05 Å². The van der Waals surface area contributed by atoms with E-state index in [1.165, 1.54) is 6.20 Å². The lowest BCUT2D eigenvalue weighted by Gasteiger charge is -2.27. The minimum absolute atomic E-state index is 0.115. The first-order valence-corrected chi connectivity index (χ1v) is 5.60. The average Bonchev–Trinajstić information content (AvgIpc) is 2.36. The van der Waals surface area contributed by atoms with Crippen molar-refractivity contribution in [2.45, 2.75) is 26.8 Å². The van der Waals surface area contributed by atoms with Crippen molar-refractivity contribution in [3.8, 4) is 6.07 Å². The molecule has 1 unspecified atom stereocenters. The molecule has 1 amide bonds. The lowest BCUT2D eigenvalue weighted by molar-refractivity contribution is 0.0701. The molecule has 0 saturated heterocycles. The van der Waals surface area contributed by atoms with Gasteiger partial charge in [-0.3, -0.25) is 4.79 Å². The van der Waals surface area contributed by atoms with E-state index in [9.17, 15) is 4.79 Å². The van der Waals surface area contributed by atoms with Gasteiger partial charge in [0.15, 0.2) is 0 Å². The van der Waals surface area contributed by atoms with E-state index in [0.717, 1.165) is 0 Å². The lowest BCUT2D eigenvalue weighted by atomic mass is 10.0. The molecular formula is C13H17N3O. The Kier molecular flexibility index (Phi) is 4.22. The van der Waals surface area contributed by atoms with E-state index < -0.39 is 0 Å². The van der Waals surface area contributed by atoms with Crippen LogP contribution in [-0.2, 0) is 0 Å². The van der Waals surface area contributed by atoms with Gasteiger partial charge in [0, 0.05) is 19.3 Å². The molecule has 17 heavy (non-hydrogen) atoms. The topological polar surface area (TPSA) is 57.0 Å². The van der Waals surface area contributed by atoms with Crippen LogP contribution in [-0.4, -0.2) is 28.9 Å².